The molecule has 23 heavy (non-hydrogen) atoms. The van der Waals surface area contributed by atoms with Gasteiger partial charge in [0.25, 0.3) is 0 Å². The van der Waals surface area contributed by atoms with Crippen LogP contribution in [0.5, 0.6) is 0 Å². The van der Waals surface area contributed by atoms with Gasteiger partial charge < -0.3 is 4.74 Å². The highest BCUT2D eigenvalue weighted by atomic mass is 35.5. The molecule has 1 fully saturated rings. The van der Waals surface area contributed by atoms with Gasteiger partial charge in [0.15, 0.2) is 0 Å². The number of benzene rings is 1. The molecule has 0 heterocycles. The SMILES string of the molecule is CC(C)=CC1C(C(=O)OC/C=C/Cc2cccc(Cl)c2)C1(C)C. The molecule has 0 bridgehead atoms. The Balaban J connectivity index is 1.77. The van der Waals surface area contributed by atoms with E-state index < -0.39 is 0 Å². The molecule has 0 aliphatic heterocycles. The maximum Gasteiger partial charge on any atom is 0.310 e. The quantitative estimate of drug-likeness (QED) is 0.527. The number of esters is 1. The largest absolute Gasteiger partial charge is 0.461 e. The van der Waals surface area contributed by atoms with Crippen molar-refractivity contribution in [1.29, 1.82) is 0 Å². The Labute approximate surface area is 144 Å². The molecule has 2 nitrogen and oxygen atoms in total. The lowest BCUT2D eigenvalue weighted by Gasteiger charge is -2.03. The van der Waals surface area contributed by atoms with Crippen LogP contribution in [-0.2, 0) is 16.0 Å². The van der Waals surface area contributed by atoms with Crippen LogP contribution in [-0.4, -0.2) is 12.6 Å². The molecule has 0 N–H and O–H groups in total. The van der Waals surface area contributed by atoms with Crippen molar-refractivity contribution in [2.45, 2.75) is 34.1 Å². The maximum atomic E-state index is 12.2. The van der Waals surface area contributed by atoms with E-state index in [2.05, 4.69) is 33.8 Å². The van der Waals surface area contributed by atoms with Crippen LogP contribution in [0.1, 0.15) is 33.3 Å². The van der Waals surface area contributed by atoms with E-state index in [1.54, 1.807) is 0 Å². The van der Waals surface area contributed by atoms with Crippen molar-refractivity contribution < 1.29 is 9.53 Å². The summed E-state index contributed by atoms with van der Waals surface area (Å²) >= 11 is 5.95. The standard InChI is InChI=1S/C20H25ClO2/c1-14(2)12-17-18(20(17,3)4)19(22)23-11-6-5-8-15-9-7-10-16(21)13-15/h5-7,9-10,12-13,17-18H,8,11H2,1-4H3/b6-5+. The molecule has 0 amide bonds. The molecule has 124 valence electrons. The summed E-state index contributed by atoms with van der Waals surface area (Å²) in [5.41, 5.74) is 2.41. The van der Waals surface area contributed by atoms with Crippen molar-refractivity contribution in [3.63, 3.8) is 0 Å². The number of carbonyl (C=O) groups is 1. The zero-order chi connectivity index (χ0) is 17.0. The van der Waals surface area contributed by atoms with Gasteiger partial charge in [0.05, 0.1) is 5.92 Å². The first-order valence-corrected chi connectivity index (χ1v) is 8.41. The van der Waals surface area contributed by atoms with Gasteiger partial charge in [0, 0.05) is 5.02 Å². The Morgan fingerprint density at radius 2 is 2.04 bits per heavy atom. The lowest BCUT2D eigenvalue weighted by Crippen LogP contribution is -2.10. The number of ether oxygens (including phenoxy) is 1. The molecule has 1 aromatic rings. The zero-order valence-electron chi connectivity index (χ0n) is 14.3. The molecule has 2 rings (SSSR count). The maximum absolute atomic E-state index is 12.2. The minimum absolute atomic E-state index is 0.0128. The van der Waals surface area contributed by atoms with Gasteiger partial charge in [0.2, 0.25) is 0 Å². The summed E-state index contributed by atoms with van der Waals surface area (Å²) in [6.45, 7) is 8.70. The molecule has 2 atom stereocenters. The molecule has 1 saturated carbocycles. The summed E-state index contributed by atoms with van der Waals surface area (Å²) in [6, 6.07) is 7.76. The molecular formula is C20H25ClO2. The van der Waals surface area contributed by atoms with Crippen molar-refractivity contribution in [3.8, 4) is 0 Å². The van der Waals surface area contributed by atoms with E-state index in [0.29, 0.717) is 12.5 Å². The van der Waals surface area contributed by atoms with Crippen LogP contribution in [0.15, 0.2) is 48.1 Å². The number of halogens is 1. The zero-order valence-corrected chi connectivity index (χ0v) is 15.1. The third-order valence-corrected chi connectivity index (χ3v) is 4.64. The van der Waals surface area contributed by atoms with Crippen LogP contribution in [0.4, 0.5) is 0 Å². The van der Waals surface area contributed by atoms with Gasteiger partial charge in [-0.15, -0.1) is 0 Å². The van der Waals surface area contributed by atoms with Crippen LogP contribution in [0, 0.1) is 17.3 Å². The first kappa shape index (κ1) is 17.8. The number of hydrogen-bond acceptors (Lipinski definition) is 2. The Morgan fingerprint density at radius 1 is 1.30 bits per heavy atom. The van der Waals surface area contributed by atoms with Crippen LogP contribution in [0.25, 0.3) is 0 Å². The van der Waals surface area contributed by atoms with Gasteiger partial charge >= 0.3 is 5.97 Å². The van der Waals surface area contributed by atoms with E-state index in [1.165, 1.54) is 5.57 Å². The van der Waals surface area contributed by atoms with Crippen LogP contribution >= 0.6 is 11.6 Å². The van der Waals surface area contributed by atoms with Gasteiger partial charge in [-0.3, -0.25) is 4.79 Å². The molecule has 1 aliphatic carbocycles. The lowest BCUT2D eigenvalue weighted by molar-refractivity contribution is -0.144. The number of allylic oxidation sites excluding steroid dienone is 3. The second-order valence-electron chi connectivity index (χ2n) is 7.00. The normalized spacial score (nSPS) is 22.0. The Morgan fingerprint density at radius 3 is 2.70 bits per heavy atom. The van der Waals surface area contributed by atoms with Gasteiger partial charge in [-0.2, -0.15) is 0 Å². The third kappa shape index (κ3) is 4.71. The van der Waals surface area contributed by atoms with Crippen molar-refractivity contribution >= 4 is 17.6 Å². The van der Waals surface area contributed by atoms with E-state index in [1.807, 2.05) is 36.4 Å². The molecule has 2 unspecified atom stereocenters. The van der Waals surface area contributed by atoms with Crippen molar-refractivity contribution in [1.82, 2.24) is 0 Å². The Kier molecular flexibility index (Phi) is 5.69. The van der Waals surface area contributed by atoms with Gasteiger partial charge in [-0.1, -0.05) is 61.4 Å². The minimum atomic E-state index is -0.0927. The highest BCUT2D eigenvalue weighted by molar-refractivity contribution is 6.30. The highest BCUT2D eigenvalue weighted by Gasteiger charge is 2.61. The van der Waals surface area contributed by atoms with E-state index in [0.717, 1.165) is 17.0 Å². The molecule has 1 aromatic carbocycles. The van der Waals surface area contributed by atoms with Crippen LogP contribution in [0.2, 0.25) is 5.02 Å². The lowest BCUT2D eigenvalue weighted by atomic mass is 10.1. The molecule has 0 aromatic heterocycles. The van der Waals surface area contributed by atoms with Gasteiger partial charge in [-0.25, -0.2) is 0 Å². The number of hydrogen-bond donors (Lipinski definition) is 0. The molecule has 0 spiro atoms. The summed E-state index contributed by atoms with van der Waals surface area (Å²) in [7, 11) is 0. The van der Waals surface area contributed by atoms with Gasteiger partial charge in [0.1, 0.15) is 6.61 Å². The predicted octanol–water partition coefficient (Wildman–Crippen LogP) is 5.22. The Hall–Kier alpha value is -1.54. The average Bonchev–Trinajstić information content (AvgIpc) is 2.98. The molecule has 1 aliphatic rings. The highest BCUT2D eigenvalue weighted by Crippen LogP contribution is 2.59. The second kappa shape index (κ2) is 7.35. The molecular weight excluding hydrogens is 308 g/mol. The van der Waals surface area contributed by atoms with Crippen LogP contribution < -0.4 is 0 Å². The first-order chi connectivity index (χ1) is 10.8. The van der Waals surface area contributed by atoms with E-state index >= 15 is 0 Å². The monoisotopic (exact) mass is 332 g/mol. The van der Waals surface area contributed by atoms with E-state index in [9.17, 15) is 4.79 Å². The van der Waals surface area contributed by atoms with Crippen molar-refractivity contribution in [2.75, 3.05) is 6.61 Å². The minimum Gasteiger partial charge on any atom is -0.461 e. The van der Waals surface area contributed by atoms with Crippen molar-refractivity contribution in [2.24, 2.45) is 17.3 Å². The summed E-state index contributed by atoms with van der Waals surface area (Å²) in [4.78, 5) is 12.2. The molecule has 0 saturated heterocycles. The third-order valence-electron chi connectivity index (χ3n) is 4.41. The number of carbonyl (C=O) groups excluding carboxylic acids is 1. The van der Waals surface area contributed by atoms with Crippen LogP contribution in [0.3, 0.4) is 0 Å². The predicted molar refractivity (Wildman–Crippen MR) is 95.4 cm³/mol. The summed E-state index contributed by atoms with van der Waals surface area (Å²) in [5, 5.41) is 0.739. The van der Waals surface area contributed by atoms with Gasteiger partial charge in [-0.05, 0) is 49.3 Å². The smallest absolute Gasteiger partial charge is 0.310 e. The fourth-order valence-corrected chi connectivity index (χ4v) is 3.18. The first-order valence-electron chi connectivity index (χ1n) is 8.03. The topological polar surface area (TPSA) is 26.3 Å². The van der Waals surface area contributed by atoms with E-state index in [-0.39, 0.29) is 17.3 Å². The second-order valence-corrected chi connectivity index (χ2v) is 7.44. The fourth-order valence-electron chi connectivity index (χ4n) is 2.97. The van der Waals surface area contributed by atoms with Crippen molar-refractivity contribution in [3.05, 3.63) is 58.7 Å². The Bertz CT molecular complexity index is 624. The fraction of sp³-hybridized carbons (Fsp3) is 0.450. The average molecular weight is 333 g/mol. The summed E-state index contributed by atoms with van der Waals surface area (Å²) in [6.07, 6.45) is 6.86. The molecule has 0 radical (unpaired) electrons. The van der Waals surface area contributed by atoms with E-state index in [4.69, 9.17) is 16.3 Å². The summed E-state index contributed by atoms with van der Waals surface area (Å²) in [5.74, 6) is 0.194. The summed E-state index contributed by atoms with van der Waals surface area (Å²) < 4.78 is 5.39. The molecule has 3 heteroatoms. The number of rotatable bonds is 6.